The van der Waals surface area contributed by atoms with E-state index in [1.165, 1.54) is 5.56 Å². The fourth-order valence-corrected chi connectivity index (χ4v) is 3.41. The van der Waals surface area contributed by atoms with Crippen molar-refractivity contribution in [3.63, 3.8) is 0 Å². The summed E-state index contributed by atoms with van der Waals surface area (Å²) in [4.78, 5) is 25.3. The largest absolute Gasteiger partial charge is 0.494 e. The molecule has 0 heterocycles. The van der Waals surface area contributed by atoms with Crippen LogP contribution in [0.4, 0.5) is 5.69 Å². The van der Waals surface area contributed by atoms with E-state index in [9.17, 15) is 9.59 Å². The lowest BCUT2D eigenvalue weighted by Gasteiger charge is -2.12. The fraction of sp³-hybridized carbons (Fsp3) is 0.231. The van der Waals surface area contributed by atoms with E-state index < -0.39 is 0 Å². The van der Waals surface area contributed by atoms with Crippen molar-refractivity contribution < 1.29 is 14.3 Å². The van der Waals surface area contributed by atoms with Crippen molar-refractivity contribution in [1.82, 2.24) is 0 Å². The predicted molar refractivity (Wildman–Crippen MR) is 125 cm³/mol. The molecule has 0 bridgehead atoms. The van der Waals surface area contributed by atoms with Crippen molar-refractivity contribution in [2.24, 2.45) is 0 Å². The Morgan fingerprint density at radius 3 is 2.42 bits per heavy atom. The van der Waals surface area contributed by atoms with Crippen LogP contribution in [0.25, 0.3) is 0 Å². The second kappa shape index (κ2) is 11.3. The van der Waals surface area contributed by atoms with Crippen molar-refractivity contribution in [3.05, 3.63) is 94.5 Å². The highest BCUT2D eigenvalue weighted by molar-refractivity contribution is 6.31. The molecular formula is C26H26ClNO3. The number of benzene rings is 3. The van der Waals surface area contributed by atoms with Gasteiger partial charge in [0.1, 0.15) is 5.75 Å². The van der Waals surface area contributed by atoms with Gasteiger partial charge < -0.3 is 10.1 Å². The number of halogens is 1. The standard InChI is InChI=1S/C26H26ClNO3/c1-2-7-19-11-14-22(15-12-19)31-17-6-10-25(29)28-24-16-13-21(27)18-23(24)26(30)20-8-4-3-5-9-20/h3-5,8-9,11-16,18H,2,6-7,10,17H2,1H3,(H,28,29). The van der Waals surface area contributed by atoms with Gasteiger partial charge in [-0.1, -0.05) is 67.4 Å². The molecule has 1 N–H and O–H groups in total. The lowest BCUT2D eigenvalue weighted by atomic mass is 10.0. The predicted octanol–water partition coefficient (Wildman–Crippen LogP) is 6.32. The molecule has 4 nitrogen and oxygen atoms in total. The Morgan fingerprint density at radius 2 is 1.71 bits per heavy atom. The van der Waals surface area contributed by atoms with Crippen LogP contribution < -0.4 is 10.1 Å². The Labute approximate surface area is 188 Å². The van der Waals surface area contributed by atoms with Crippen LogP contribution in [0.3, 0.4) is 0 Å². The van der Waals surface area contributed by atoms with Crippen LogP contribution in [0.5, 0.6) is 5.75 Å². The Kier molecular flexibility index (Phi) is 8.25. The van der Waals surface area contributed by atoms with Crippen LogP contribution in [0.15, 0.2) is 72.8 Å². The fourth-order valence-electron chi connectivity index (χ4n) is 3.23. The number of rotatable bonds is 10. The summed E-state index contributed by atoms with van der Waals surface area (Å²) in [6.45, 7) is 2.59. The first kappa shape index (κ1) is 22.6. The molecule has 1 amide bonds. The number of carbonyl (C=O) groups excluding carboxylic acids is 2. The summed E-state index contributed by atoms with van der Waals surface area (Å²) in [7, 11) is 0. The van der Waals surface area contributed by atoms with Crippen LogP contribution in [0.1, 0.15) is 47.7 Å². The van der Waals surface area contributed by atoms with E-state index in [1.807, 2.05) is 18.2 Å². The van der Waals surface area contributed by atoms with Gasteiger partial charge in [0.15, 0.2) is 5.78 Å². The minimum Gasteiger partial charge on any atom is -0.494 e. The quantitative estimate of drug-likeness (QED) is 0.299. The Morgan fingerprint density at radius 1 is 0.968 bits per heavy atom. The normalized spacial score (nSPS) is 10.5. The summed E-state index contributed by atoms with van der Waals surface area (Å²) < 4.78 is 5.72. The molecule has 0 radical (unpaired) electrons. The molecular weight excluding hydrogens is 410 g/mol. The molecule has 0 saturated carbocycles. The number of hydrogen-bond donors (Lipinski definition) is 1. The van der Waals surface area contributed by atoms with Crippen LogP contribution in [0, 0.1) is 0 Å². The minimum atomic E-state index is -0.187. The van der Waals surface area contributed by atoms with E-state index in [0.29, 0.717) is 34.9 Å². The first-order valence-electron chi connectivity index (χ1n) is 10.5. The van der Waals surface area contributed by atoms with Crippen molar-refractivity contribution >= 4 is 29.0 Å². The van der Waals surface area contributed by atoms with E-state index in [2.05, 4.69) is 24.4 Å². The molecule has 160 valence electrons. The number of anilines is 1. The Bertz CT molecular complexity index is 1020. The van der Waals surface area contributed by atoms with Gasteiger partial charge in [-0.05, 0) is 48.7 Å². The number of nitrogens with one attached hydrogen (secondary N) is 1. The maximum Gasteiger partial charge on any atom is 0.224 e. The topological polar surface area (TPSA) is 55.4 Å². The van der Waals surface area contributed by atoms with Crippen LogP contribution in [-0.2, 0) is 11.2 Å². The number of amides is 1. The molecule has 0 aliphatic heterocycles. The van der Waals surface area contributed by atoms with Gasteiger partial charge in [-0.15, -0.1) is 0 Å². The highest BCUT2D eigenvalue weighted by Crippen LogP contribution is 2.24. The molecule has 0 aromatic heterocycles. The maximum absolute atomic E-state index is 12.9. The molecule has 0 fully saturated rings. The summed E-state index contributed by atoms with van der Waals surface area (Å²) in [6, 6.07) is 21.9. The van der Waals surface area contributed by atoms with E-state index in [1.54, 1.807) is 42.5 Å². The lowest BCUT2D eigenvalue weighted by molar-refractivity contribution is -0.116. The summed E-state index contributed by atoms with van der Waals surface area (Å²) >= 11 is 6.09. The summed E-state index contributed by atoms with van der Waals surface area (Å²) in [5.41, 5.74) is 2.66. The number of ketones is 1. The van der Waals surface area contributed by atoms with E-state index >= 15 is 0 Å². The zero-order valence-corrected chi connectivity index (χ0v) is 18.3. The van der Waals surface area contributed by atoms with Crippen molar-refractivity contribution in [2.45, 2.75) is 32.6 Å². The van der Waals surface area contributed by atoms with Gasteiger partial charge >= 0.3 is 0 Å². The van der Waals surface area contributed by atoms with Crippen molar-refractivity contribution in [1.29, 1.82) is 0 Å². The van der Waals surface area contributed by atoms with Crippen LogP contribution >= 0.6 is 11.6 Å². The highest BCUT2D eigenvalue weighted by atomic mass is 35.5. The number of aryl methyl sites for hydroxylation is 1. The highest BCUT2D eigenvalue weighted by Gasteiger charge is 2.16. The maximum atomic E-state index is 12.9. The number of hydrogen-bond acceptors (Lipinski definition) is 3. The molecule has 3 aromatic rings. The van der Waals surface area contributed by atoms with Gasteiger partial charge in [-0.25, -0.2) is 0 Å². The zero-order chi connectivity index (χ0) is 22.1. The molecule has 5 heteroatoms. The summed E-state index contributed by atoms with van der Waals surface area (Å²) in [6.07, 6.45) is 3.02. The smallest absolute Gasteiger partial charge is 0.224 e. The summed E-state index contributed by atoms with van der Waals surface area (Å²) in [5.74, 6) is 0.438. The molecule has 0 atom stereocenters. The second-order valence-corrected chi connectivity index (χ2v) is 7.72. The Hall–Kier alpha value is -3.11. The van der Waals surface area contributed by atoms with Gasteiger partial charge in [0.05, 0.1) is 12.3 Å². The molecule has 31 heavy (non-hydrogen) atoms. The van der Waals surface area contributed by atoms with Gasteiger partial charge in [0.2, 0.25) is 5.91 Å². The molecule has 3 aromatic carbocycles. The van der Waals surface area contributed by atoms with Gasteiger partial charge in [0, 0.05) is 22.6 Å². The number of ether oxygens (including phenoxy) is 1. The molecule has 0 aliphatic rings. The first-order valence-corrected chi connectivity index (χ1v) is 10.9. The third-order valence-electron chi connectivity index (χ3n) is 4.82. The third kappa shape index (κ3) is 6.69. The zero-order valence-electron chi connectivity index (χ0n) is 17.6. The van der Waals surface area contributed by atoms with E-state index in [4.69, 9.17) is 16.3 Å². The van der Waals surface area contributed by atoms with Crippen molar-refractivity contribution in [2.75, 3.05) is 11.9 Å². The average Bonchev–Trinajstić information content (AvgIpc) is 2.79. The van der Waals surface area contributed by atoms with Crippen LogP contribution in [0.2, 0.25) is 5.02 Å². The van der Waals surface area contributed by atoms with Crippen LogP contribution in [-0.4, -0.2) is 18.3 Å². The monoisotopic (exact) mass is 435 g/mol. The average molecular weight is 436 g/mol. The summed E-state index contributed by atoms with van der Waals surface area (Å²) in [5, 5.41) is 3.28. The van der Waals surface area contributed by atoms with Crippen molar-refractivity contribution in [3.8, 4) is 5.75 Å². The molecule has 0 saturated heterocycles. The molecule has 0 unspecified atom stereocenters. The number of carbonyl (C=O) groups is 2. The Balaban J connectivity index is 1.54. The second-order valence-electron chi connectivity index (χ2n) is 7.28. The SMILES string of the molecule is CCCc1ccc(OCCCC(=O)Nc2ccc(Cl)cc2C(=O)c2ccccc2)cc1. The molecule has 3 rings (SSSR count). The first-order chi connectivity index (χ1) is 15.1. The minimum absolute atomic E-state index is 0.175. The van der Waals surface area contributed by atoms with E-state index in [0.717, 1.165) is 18.6 Å². The lowest BCUT2D eigenvalue weighted by Crippen LogP contribution is -2.16. The van der Waals surface area contributed by atoms with Gasteiger partial charge in [-0.2, -0.15) is 0 Å². The van der Waals surface area contributed by atoms with E-state index in [-0.39, 0.29) is 18.1 Å². The van der Waals surface area contributed by atoms with Gasteiger partial charge in [0.25, 0.3) is 0 Å². The molecule has 0 aliphatic carbocycles. The molecule has 0 spiro atoms. The third-order valence-corrected chi connectivity index (χ3v) is 5.05. The van der Waals surface area contributed by atoms with Gasteiger partial charge in [-0.3, -0.25) is 9.59 Å².